The zero-order valence-corrected chi connectivity index (χ0v) is 19.0. The van der Waals surface area contributed by atoms with Crippen molar-refractivity contribution < 1.29 is 24.3 Å². The number of carbonyl (C=O) groups is 4. The average Bonchev–Trinajstić information content (AvgIpc) is 3.28. The second kappa shape index (κ2) is 12.9. The summed E-state index contributed by atoms with van der Waals surface area (Å²) in [5.41, 5.74) is 12.1. The van der Waals surface area contributed by atoms with E-state index in [1.54, 1.807) is 31.2 Å². The third kappa shape index (κ3) is 7.83. The Morgan fingerprint density at radius 2 is 1.85 bits per heavy atom. The first kappa shape index (κ1) is 26.3. The number of carbonyl (C=O) groups excluding carboxylic acids is 3. The van der Waals surface area contributed by atoms with Crippen molar-refractivity contribution in [3.05, 3.63) is 35.9 Å². The van der Waals surface area contributed by atoms with Crippen molar-refractivity contribution >= 4 is 23.7 Å². The molecule has 1 saturated heterocycles. The monoisotopic (exact) mass is 461 g/mol. The quantitative estimate of drug-likeness (QED) is 0.267. The fraction of sp³-hybridized carbons (Fsp3) is 0.565. The van der Waals surface area contributed by atoms with Crippen molar-refractivity contribution in [2.24, 2.45) is 11.5 Å². The van der Waals surface area contributed by atoms with Crippen LogP contribution in [0.15, 0.2) is 30.3 Å². The molecule has 0 bridgehead atoms. The minimum atomic E-state index is -1.15. The van der Waals surface area contributed by atoms with Crippen molar-refractivity contribution in [2.45, 2.75) is 69.6 Å². The summed E-state index contributed by atoms with van der Waals surface area (Å²) in [6.45, 7) is 2.43. The van der Waals surface area contributed by atoms with Crippen molar-refractivity contribution in [3.63, 3.8) is 0 Å². The van der Waals surface area contributed by atoms with Crippen molar-refractivity contribution in [3.8, 4) is 0 Å². The van der Waals surface area contributed by atoms with Gasteiger partial charge in [0.1, 0.15) is 18.1 Å². The maximum atomic E-state index is 12.9. The summed E-state index contributed by atoms with van der Waals surface area (Å²) in [4.78, 5) is 51.2. The number of carboxylic acids is 1. The van der Waals surface area contributed by atoms with Crippen molar-refractivity contribution in [1.82, 2.24) is 15.5 Å². The molecule has 1 aromatic carbocycles. The van der Waals surface area contributed by atoms with E-state index in [0.29, 0.717) is 32.4 Å². The van der Waals surface area contributed by atoms with Crippen LogP contribution in [0.1, 0.15) is 44.6 Å². The Morgan fingerprint density at radius 1 is 1.15 bits per heavy atom. The number of benzene rings is 1. The van der Waals surface area contributed by atoms with Gasteiger partial charge in [-0.25, -0.2) is 4.79 Å². The van der Waals surface area contributed by atoms with Crippen LogP contribution >= 0.6 is 0 Å². The van der Waals surface area contributed by atoms with E-state index in [1.807, 2.05) is 6.07 Å². The molecule has 1 heterocycles. The van der Waals surface area contributed by atoms with Crippen LogP contribution in [-0.4, -0.2) is 71.0 Å². The zero-order chi connectivity index (χ0) is 24.4. The van der Waals surface area contributed by atoms with Gasteiger partial charge in [0.05, 0.1) is 6.04 Å². The van der Waals surface area contributed by atoms with Gasteiger partial charge in [-0.3, -0.25) is 14.4 Å². The first-order valence-corrected chi connectivity index (χ1v) is 11.4. The van der Waals surface area contributed by atoms with Crippen LogP contribution in [0.25, 0.3) is 0 Å². The molecule has 182 valence electrons. The highest BCUT2D eigenvalue weighted by molar-refractivity contribution is 5.94. The molecule has 7 N–H and O–H groups in total. The maximum Gasteiger partial charge on any atom is 0.326 e. The number of amides is 3. The molecule has 1 aromatic rings. The summed E-state index contributed by atoms with van der Waals surface area (Å²) >= 11 is 0. The summed E-state index contributed by atoms with van der Waals surface area (Å²) in [5, 5.41) is 14.7. The molecular weight excluding hydrogens is 426 g/mol. The Morgan fingerprint density at radius 3 is 2.48 bits per heavy atom. The summed E-state index contributed by atoms with van der Waals surface area (Å²) in [6, 6.07) is 5.52. The largest absolute Gasteiger partial charge is 0.480 e. The highest BCUT2D eigenvalue weighted by Crippen LogP contribution is 2.19. The number of nitrogens with two attached hydrogens (primary N) is 2. The van der Waals surface area contributed by atoms with Gasteiger partial charge >= 0.3 is 5.97 Å². The summed E-state index contributed by atoms with van der Waals surface area (Å²) < 4.78 is 0. The third-order valence-electron chi connectivity index (χ3n) is 5.77. The molecule has 0 aliphatic carbocycles. The highest BCUT2D eigenvalue weighted by atomic mass is 16.4. The first-order valence-electron chi connectivity index (χ1n) is 11.4. The Hall–Kier alpha value is -2.98. The lowest BCUT2D eigenvalue weighted by Gasteiger charge is -2.28. The lowest BCUT2D eigenvalue weighted by atomic mass is 10.1. The van der Waals surface area contributed by atoms with Gasteiger partial charge in [-0.1, -0.05) is 36.8 Å². The van der Waals surface area contributed by atoms with Gasteiger partial charge in [0.15, 0.2) is 0 Å². The fourth-order valence-corrected chi connectivity index (χ4v) is 3.89. The van der Waals surface area contributed by atoms with Crippen LogP contribution in [0.3, 0.4) is 0 Å². The molecule has 33 heavy (non-hydrogen) atoms. The number of unbranched alkanes of at least 4 members (excludes halogenated alkanes) is 1. The topological polar surface area (TPSA) is 168 Å². The van der Waals surface area contributed by atoms with Gasteiger partial charge in [0.25, 0.3) is 0 Å². The van der Waals surface area contributed by atoms with Gasteiger partial charge in [-0.15, -0.1) is 0 Å². The smallest absolute Gasteiger partial charge is 0.326 e. The predicted molar refractivity (Wildman–Crippen MR) is 123 cm³/mol. The molecule has 10 heteroatoms. The second-order valence-electron chi connectivity index (χ2n) is 8.40. The van der Waals surface area contributed by atoms with E-state index in [4.69, 9.17) is 11.5 Å². The molecular formula is C23H35N5O5. The fourth-order valence-electron chi connectivity index (χ4n) is 3.89. The van der Waals surface area contributed by atoms with E-state index >= 15 is 0 Å². The molecule has 3 amide bonds. The van der Waals surface area contributed by atoms with Crippen LogP contribution < -0.4 is 22.1 Å². The molecule has 1 aliphatic heterocycles. The van der Waals surface area contributed by atoms with E-state index in [-0.39, 0.29) is 6.42 Å². The van der Waals surface area contributed by atoms with Gasteiger partial charge in [-0.05, 0) is 44.7 Å². The Kier molecular flexibility index (Phi) is 10.3. The Labute approximate surface area is 194 Å². The zero-order valence-electron chi connectivity index (χ0n) is 19.0. The second-order valence-corrected chi connectivity index (χ2v) is 8.40. The highest BCUT2D eigenvalue weighted by Gasteiger charge is 2.38. The van der Waals surface area contributed by atoms with E-state index in [0.717, 1.165) is 18.4 Å². The van der Waals surface area contributed by atoms with E-state index in [9.17, 15) is 24.3 Å². The molecule has 4 unspecified atom stereocenters. The number of likely N-dealkylation sites (tertiary alicyclic amines) is 1. The summed E-state index contributed by atoms with van der Waals surface area (Å²) in [5.74, 6) is -2.49. The molecule has 1 aliphatic rings. The van der Waals surface area contributed by atoms with Gasteiger partial charge in [-0.2, -0.15) is 0 Å². The Balaban J connectivity index is 1.95. The lowest BCUT2D eigenvalue weighted by Crippen LogP contribution is -2.56. The molecule has 0 aromatic heterocycles. The maximum absolute atomic E-state index is 12.9. The van der Waals surface area contributed by atoms with Crippen LogP contribution in [0.2, 0.25) is 0 Å². The number of nitrogens with zero attached hydrogens (tertiary/aromatic N) is 1. The minimum Gasteiger partial charge on any atom is -0.480 e. The number of hydrogen-bond acceptors (Lipinski definition) is 6. The number of aliphatic carboxylic acids is 1. The van der Waals surface area contributed by atoms with Crippen LogP contribution in [0.5, 0.6) is 0 Å². The molecule has 1 fully saturated rings. The number of rotatable bonds is 12. The SMILES string of the molecule is CC(NC(=O)C(N)CCCCN)C(=O)N1CCCC1C(=O)NC(Cc1ccccc1)C(=O)O. The molecule has 0 spiro atoms. The predicted octanol–water partition coefficient (Wildman–Crippen LogP) is -0.249. The van der Waals surface area contributed by atoms with Crippen molar-refractivity contribution in [2.75, 3.05) is 13.1 Å². The van der Waals surface area contributed by atoms with E-state index in [2.05, 4.69) is 10.6 Å². The van der Waals surface area contributed by atoms with Crippen LogP contribution in [0, 0.1) is 0 Å². The van der Waals surface area contributed by atoms with E-state index < -0.39 is 47.9 Å². The first-order chi connectivity index (χ1) is 15.7. The number of carboxylic acid groups (broad SMARTS) is 1. The Bertz CT molecular complexity index is 819. The lowest BCUT2D eigenvalue weighted by molar-refractivity contribution is -0.144. The molecule has 0 radical (unpaired) electrons. The molecule has 2 rings (SSSR count). The standard InChI is InChI=1S/C23H35N5O5/c1-15(26-20(29)17(25)10-5-6-12-24)22(31)28-13-7-11-19(28)21(30)27-18(23(32)33)14-16-8-3-2-4-9-16/h2-4,8-9,15,17-19H,5-7,10-14,24-25H2,1H3,(H,26,29)(H,27,30)(H,32,33). The van der Waals surface area contributed by atoms with Crippen LogP contribution in [-0.2, 0) is 25.6 Å². The summed E-state index contributed by atoms with van der Waals surface area (Å²) in [7, 11) is 0. The summed E-state index contributed by atoms with van der Waals surface area (Å²) in [6.07, 6.45) is 3.12. The number of hydrogen-bond donors (Lipinski definition) is 5. The molecule has 4 atom stereocenters. The third-order valence-corrected chi connectivity index (χ3v) is 5.77. The van der Waals surface area contributed by atoms with Crippen molar-refractivity contribution in [1.29, 1.82) is 0 Å². The number of nitrogens with one attached hydrogen (secondary N) is 2. The average molecular weight is 462 g/mol. The van der Waals surface area contributed by atoms with E-state index in [1.165, 1.54) is 4.90 Å². The molecule has 10 nitrogen and oxygen atoms in total. The van der Waals surface area contributed by atoms with Gasteiger partial charge < -0.3 is 32.1 Å². The minimum absolute atomic E-state index is 0.136. The van der Waals surface area contributed by atoms with Gasteiger partial charge in [0, 0.05) is 13.0 Å². The van der Waals surface area contributed by atoms with Gasteiger partial charge in [0.2, 0.25) is 17.7 Å². The molecule has 0 saturated carbocycles. The normalized spacial score (nSPS) is 18.3. The van der Waals surface area contributed by atoms with Crippen LogP contribution in [0.4, 0.5) is 0 Å².